The molecule has 0 fully saturated rings. The first-order valence-electron chi connectivity index (χ1n) is 6.30. The van der Waals surface area contributed by atoms with Crippen molar-refractivity contribution in [1.29, 1.82) is 0 Å². The maximum atomic E-state index is 12.2. The smallest absolute Gasteiger partial charge is 0.407 e. The van der Waals surface area contributed by atoms with Gasteiger partial charge in [0.2, 0.25) is 5.91 Å². The minimum atomic E-state index is -0.629. The van der Waals surface area contributed by atoms with E-state index in [9.17, 15) is 9.59 Å². The molecule has 0 aromatic carbocycles. The molecule has 2 amide bonds. The summed E-state index contributed by atoms with van der Waals surface area (Å²) >= 11 is 0. The summed E-state index contributed by atoms with van der Waals surface area (Å²) in [5.74, 6) is -0.246. The van der Waals surface area contributed by atoms with Crippen molar-refractivity contribution in [3.8, 4) is 0 Å². The third-order valence-corrected chi connectivity index (χ3v) is 2.54. The van der Waals surface area contributed by atoms with Gasteiger partial charge in [-0.15, -0.1) is 0 Å². The van der Waals surface area contributed by atoms with E-state index in [0.29, 0.717) is 6.54 Å². The highest BCUT2D eigenvalue weighted by molar-refractivity contribution is 5.85. The number of hydrogen-bond donors (Lipinski definition) is 2. The molecule has 18 heavy (non-hydrogen) atoms. The Morgan fingerprint density at radius 1 is 1.33 bits per heavy atom. The number of alkyl carbamates (subject to hydrolysis) is 1. The number of aliphatic hydroxyl groups is 1. The molecule has 6 nitrogen and oxygen atoms in total. The van der Waals surface area contributed by atoms with Gasteiger partial charge in [0.25, 0.3) is 0 Å². The fraction of sp³-hybridized carbons (Fsp3) is 0.833. The van der Waals surface area contributed by atoms with E-state index < -0.39 is 12.1 Å². The van der Waals surface area contributed by atoms with Crippen LogP contribution in [-0.4, -0.2) is 54.4 Å². The molecule has 0 spiro atoms. The minimum Gasteiger partial charge on any atom is -0.450 e. The van der Waals surface area contributed by atoms with E-state index in [-0.39, 0.29) is 31.6 Å². The third-order valence-electron chi connectivity index (χ3n) is 2.54. The van der Waals surface area contributed by atoms with Crippen LogP contribution in [0.2, 0.25) is 0 Å². The molecule has 106 valence electrons. The number of amides is 2. The Hall–Kier alpha value is -1.30. The second-order valence-corrected chi connectivity index (χ2v) is 4.23. The molecule has 0 saturated carbocycles. The van der Waals surface area contributed by atoms with Gasteiger partial charge in [0.05, 0.1) is 13.2 Å². The van der Waals surface area contributed by atoms with Gasteiger partial charge in [-0.3, -0.25) is 4.79 Å². The van der Waals surface area contributed by atoms with Crippen LogP contribution in [0.1, 0.15) is 27.7 Å². The molecule has 0 rings (SSSR count). The number of likely N-dealkylation sites (N-methyl/N-ethyl adjacent to an activating group) is 1. The van der Waals surface area contributed by atoms with Crippen molar-refractivity contribution in [1.82, 2.24) is 10.2 Å². The maximum Gasteiger partial charge on any atom is 0.407 e. The predicted molar refractivity (Wildman–Crippen MR) is 68.1 cm³/mol. The van der Waals surface area contributed by atoms with Crippen LogP contribution in [0, 0.1) is 5.92 Å². The molecule has 0 aliphatic heterocycles. The zero-order valence-electron chi connectivity index (χ0n) is 11.6. The molecule has 0 radical (unpaired) electrons. The Labute approximate surface area is 108 Å². The summed E-state index contributed by atoms with van der Waals surface area (Å²) in [6.45, 7) is 8.16. The molecule has 0 aliphatic carbocycles. The highest BCUT2D eigenvalue weighted by Gasteiger charge is 2.28. The van der Waals surface area contributed by atoms with E-state index in [1.54, 1.807) is 6.92 Å². The summed E-state index contributed by atoms with van der Waals surface area (Å²) in [6, 6.07) is -0.629. The van der Waals surface area contributed by atoms with Crippen molar-refractivity contribution in [2.24, 2.45) is 5.92 Å². The molecule has 0 aromatic heterocycles. The van der Waals surface area contributed by atoms with E-state index in [2.05, 4.69) is 5.32 Å². The number of carbonyl (C=O) groups excluding carboxylic acids is 2. The zero-order valence-corrected chi connectivity index (χ0v) is 11.6. The second kappa shape index (κ2) is 8.74. The topological polar surface area (TPSA) is 78.9 Å². The molecule has 1 atom stereocenters. The Morgan fingerprint density at radius 3 is 2.33 bits per heavy atom. The van der Waals surface area contributed by atoms with Crippen LogP contribution >= 0.6 is 0 Å². The molecule has 0 aliphatic rings. The lowest BCUT2D eigenvalue weighted by Gasteiger charge is -2.28. The number of nitrogens with one attached hydrogen (secondary N) is 1. The number of rotatable bonds is 7. The summed E-state index contributed by atoms with van der Waals surface area (Å²) in [5, 5.41) is 11.5. The lowest BCUT2D eigenvalue weighted by Crippen LogP contribution is -2.51. The van der Waals surface area contributed by atoms with Crippen LogP contribution in [0.25, 0.3) is 0 Å². The first-order chi connectivity index (χ1) is 8.47. The molecule has 0 heterocycles. The van der Waals surface area contributed by atoms with Crippen LogP contribution in [0.3, 0.4) is 0 Å². The van der Waals surface area contributed by atoms with Crippen molar-refractivity contribution >= 4 is 12.0 Å². The first kappa shape index (κ1) is 16.7. The van der Waals surface area contributed by atoms with E-state index in [1.807, 2.05) is 20.8 Å². The summed E-state index contributed by atoms with van der Waals surface area (Å²) in [4.78, 5) is 25.1. The van der Waals surface area contributed by atoms with E-state index >= 15 is 0 Å². The van der Waals surface area contributed by atoms with Gasteiger partial charge in [-0.2, -0.15) is 0 Å². The first-order valence-corrected chi connectivity index (χ1v) is 6.30. The second-order valence-electron chi connectivity index (χ2n) is 4.23. The lowest BCUT2D eigenvalue weighted by atomic mass is 10.0. The third kappa shape index (κ3) is 5.35. The molecule has 0 saturated heterocycles. The van der Waals surface area contributed by atoms with Crippen LogP contribution < -0.4 is 5.32 Å². The summed E-state index contributed by atoms with van der Waals surface area (Å²) in [7, 11) is 0. The van der Waals surface area contributed by atoms with Crippen LogP contribution in [0.4, 0.5) is 4.79 Å². The van der Waals surface area contributed by atoms with Gasteiger partial charge in [-0.05, 0) is 19.8 Å². The van der Waals surface area contributed by atoms with Crippen molar-refractivity contribution in [2.45, 2.75) is 33.7 Å². The van der Waals surface area contributed by atoms with E-state index in [0.717, 1.165) is 0 Å². The molecule has 2 N–H and O–H groups in total. The van der Waals surface area contributed by atoms with Crippen molar-refractivity contribution < 1.29 is 19.4 Å². The number of aliphatic hydroxyl groups excluding tert-OH is 1. The summed E-state index contributed by atoms with van der Waals surface area (Å²) < 4.78 is 4.78. The number of ether oxygens (including phenoxy) is 1. The molecular formula is C12H24N2O4. The van der Waals surface area contributed by atoms with E-state index in [4.69, 9.17) is 9.84 Å². The van der Waals surface area contributed by atoms with Gasteiger partial charge in [-0.25, -0.2) is 4.79 Å². The highest BCUT2D eigenvalue weighted by Crippen LogP contribution is 2.06. The van der Waals surface area contributed by atoms with E-state index in [1.165, 1.54) is 4.90 Å². The quantitative estimate of drug-likeness (QED) is 0.702. The van der Waals surface area contributed by atoms with Crippen LogP contribution in [0.15, 0.2) is 0 Å². The number of carbonyl (C=O) groups is 2. The number of nitrogens with zero attached hydrogens (tertiary/aromatic N) is 1. The van der Waals surface area contributed by atoms with Crippen LogP contribution in [0.5, 0.6) is 0 Å². The molecule has 6 heteroatoms. The zero-order chi connectivity index (χ0) is 14.1. The fourth-order valence-corrected chi connectivity index (χ4v) is 1.55. The monoisotopic (exact) mass is 260 g/mol. The Bertz CT molecular complexity index is 269. The standard InChI is InChI=1S/C12H24N2O4/c1-5-14(7-8-15)11(16)10(9(3)4)13-12(17)18-6-2/h9-10,15H,5-8H2,1-4H3,(H,13,17)/t10-/m0/s1. The van der Waals surface area contributed by atoms with Gasteiger partial charge in [-0.1, -0.05) is 13.8 Å². The van der Waals surface area contributed by atoms with Crippen molar-refractivity contribution in [3.63, 3.8) is 0 Å². The van der Waals surface area contributed by atoms with Gasteiger partial charge in [0, 0.05) is 13.1 Å². The molecule has 0 unspecified atom stereocenters. The molecule has 0 bridgehead atoms. The van der Waals surface area contributed by atoms with Gasteiger partial charge < -0.3 is 20.1 Å². The Morgan fingerprint density at radius 2 is 1.94 bits per heavy atom. The fourth-order valence-electron chi connectivity index (χ4n) is 1.55. The van der Waals surface area contributed by atoms with Gasteiger partial charge in [0.15, 0.2) is 0 Å². The molecular weight excluding hydrogens is 236 g/mol. The normalized spacial score (nSPS) is 12.1. The van der Waals surface area contributed by atoms with Gasteiger partial charge >= 0.3 is 6.09 Å². The van der Waals surface area contributed by atoms with Gasteiger partial charge in [0.1, 0.15) is 6.04 Å². The minimum absolute atomic E-state index is 0.0466. The Kier molecular flexibility index (Phi) is 8.11. The summed E-state index contributed by atoms with van der Waals surface area (Å²) in [6.07, 6.45) is -0.593. The average molecular weight is 260 g/mol. The average Bonchev–Trinajstić information content (AvgIpc) is 2.32. The van der Waals surface area contributed by atoms with Crippen LogP contribution in [-0.2, 0) is 9.53 Å². The number of hydrogen-bond acceptors (Lipinski definition) is 4. The Balaban J connectivity index is 4.66. The molecule has 0 aromatic rings. The largest absolute Gasteiger partial charge is 0.450 e. The van der Waals surface area contributed by atoms with Crippen molar-refractivity contribution in [3.05, 3.63) is 0 Å². The predicted octanol–water partition coefficient (Wildman–Crippen LogP) is 0.598. The highest BCUT2D eigenvalue weighted by atomic mass is 16.5. The maximum absolute atomic E-state index is 12.2. The van der Waals surface area contributed by atoms with Crippen molar-refractivity contribution in [2.75, 3.05) is 26.3 Å². The SMILES string of the molecule is CCOC(=O)N[C@H](C(=O)N(CC)CCO)C(C)C. The lowest BCUT2D eigenvalue weighted by molar-refractivity contribution is -0.134. The summed E-state index contributed by atoms with van der Waals surface area (Å²) in [5.41, 5.74) is 0.